The van der Waals surface area contributed by atoms with Gasteiger partial charge < -0.3 is 10.1 Å². The SMILES string of the molecule is CCCNC(=O)[C@@H](C)OC(=O)[C@@H](N=C1NS(=O)(=O)c2ccccc21)C(C)C. The zero-order valence-corrected chi connectivity index (χ0v) is 16.7. The molecule has 0 unspecified atom stereocenters. The Balaban J connectivity index is 2.22. The molecule has 1 amide bonds. The molecule has 0 saturated heterocycles. The molecule has 0 spiro atoms. The van der Waals surface area contributed by atoms with Crippen molar-refractivity contribution in [3.63, 3.8) is 0 Å². The van der Waals surface area contributed by atoms with E-state index in [9.17, 15) is 18.0 Å². The number of rotatable bonds is 7. The van der Waals surface area contributed by atoms with E-state index >= 15 is 0 Å². The number of amides is 1. The van der Waals surface area contributed by atoms with E-state index in [1.54, 1.807) is 32.0 Å². The summed E-state index contributed by atoms with van der Waals surface area (Å²) in [6.45, 7) is 7.44. The van der Waals surface area contributed by atoms with E-state index in [0.29, 0.717) is 12.1 Å². The first-order chi connectivity index (χ1) is 12.7. The largest absolute Gasteiger partial charge is 0.451 e. The lowest BCUT2D eigenvalue weighted by molar-refractivity contribution is -0.156. The molecule has 0 bridgehead atoms. The number of hydrogen-bond acceptors (Lipinski definition) is 6. The van der Waals surface area contributed by atoms with Crippen LogP contribution >= 0.6 is 0 Å². The predicted octanol–water partition coefficient (Wildman–Crippen LogP) is 1.21. The Morgan fingerprint density at radius 3 is 2.52 bits per heavy atom. The molecule has 1 aliphatic rings. The summed E-state index contributed by atoms with van der Waals surface area (Å²) in [7, 11) is -3.70. The van der Waals surface area contributed by atoms with Crippen LogP contribution in [0.3, 0.4) is 0 Å². The Bertz CT molecular complexity index is 848. The van der Waals surface area contributed by atoms with Gasteiger partial charge >= 0.3 is 5.97 Å². The fourth-order valence-electron chi connectivity index (χ4n) is 2.53. The fourth-order valence-corrected chi connectivity index (χ4v) is 3.77. The van der Waals surface area contributed by atoms with Crippen LogP contribution in [0.5, 0.6) is 0 Å². The molecule has 2 rings (SSSR count). The maximum atomic E-state index is 12.5. The smallest absolute Gasteiger partial charge is 0.331 e. The van der Waals surface area contributed by atoms with E-state index < -0.39 is 28.1 Å². The molecule has 9 heteroatoms. The topological polar surface area (TPSA) is 114 Å². The minimum Gasteiger partial charge on any atom is -0.451 e. The van der Waals surface area contributed by atoms with Crippen molar-refractivity contribution in [2.24, 2.45) is 10.9 Å². The Hall–Kier alpha value is -2.42. The van der Waals surface area contributed by atoms with Crippen LogP contribution in [0.25, 0.3) is 0 Å². The third kappa shape index (κ3) is 4.85. The van der Waals surface area contributed by atoms with E-state index in [4.69, 9.17) is 4.74 Å². The van der Waals surface area contributed by atoms with Crippen molar-refractivity contribution in [3.8, 4) is 0 Å². The molecule has 1 aromatic carbocycles. The lowest BCUT2D eigenvalue weighted by atomic mass is 10.0. The van der Waals surface area contributed by atoms with Crippen molar-refractivity contribution >= 4 is 27.7 Å². The molecule has 0 fully saturated rings. The quantitative estimate of drug-likeness (QED) is 0.674. The van der Waals surface area contributed by atoms with Gasteiger partial charge in [0, 0.05) is 12.1 Å². The predicted molar refractivity (Wildman–Crippen MR) is 101 cm³/mol. The molecule has 1 heterocycles. The average Bonchev–Trinajstić information content (AvgIpc) is 2.87. The lowest BCUT2D eigenvalue weighted by Crippen LogP contribution is -2.39. The van der Waals surface area contributed by atoms with Gasteiger partial charge in [-0.05, 0) is 31.4 Å². The summed E-state index contributed by atoms with van der Waals surface area (Å²) >= 11 is 0. The van der Waals surface area contributed by atoms with Gasteiger partial charge in [-0.15, -0.1) is 0 Å². The van der Waals surface area contributed by atoms with Crippen LogP contribution in [-0.4, -0.2) is 44.8 Å². The van der Waals surface area contributed by atoms with Gasteiger partial charge in [-0.25, -0.2) is 13.2 Å². The highest BCUT2D eigenvalue weighted by molar-refractivity contribution is 7.90. The van der Waals surface area contributed by atoms with Gasteiger partial charge in [0.1, 0.15) is 5.84 Å². The third-order valence-electron chi connectivity index (χ3n) is 4.02. The van der Waals surface area contributed by atoms with Crippen molar-refractivity contribution in [1.29, 1.82) is 0 Å². The molecule has 1 aliphatic heterocycles. The molecule has 2 atom stereocenters. The van der Waals surface area contributed by atoms with Crippen LogP contribution in [0.4, 0.5) is 0 Å². The molecule has 27 heavy (non-hydrogen) atoms. The second-order valence-corrected chi connectivity index (χ2v) is 8.29. The average molecular weight is 395 g/mol. The number of benzene rings is 1. The lowest BCUT2D eigenvalue weighted by Gasteiger charge is -2.19. The maximum absolute atomic E-state index is 12.5. The highest BCUT2D eigenvalue weighted by Gasteiger charge is 2.33. The molecule has 0 aliphatic carbocycles. The Labute approximate surface area is 159 Å². The second kappa shape index (κ2) is 8.51. The first kappa shape index (κ1) is 20.9. The van der Waals surface area contributed by atoms with Crippen molar-refractivity contribution in [3.05, 3.63) is 29.8 Å². The summed E-state index contributed by atoms with van der Waals surface area (Å²) in [5, 5.41) is 2.66. The van der Waals surface area contributed by atoms with Gasteiger partial charge in [-0.1, -0.05) is 32.9 Å². The third-order valence-corrected chi connectivity index (χ3v) is 5.41. The van der Waals surface area contributed by atoms with Crippen LogP contribution in [-0.2, 0) is 24.3 Å². The maximum Gasteiger partial charge on any atom is 0.331 e. The fraction of sp³-hybridized carbons (Fsp3) is 0.500. The minimum atomic E-state index is -3.70. The number of nitrogens with one attached hydrogen (secondary N) is 2. The zero-order valence-electron chi connectivity index (χ0n) is 15.9. The number of carbonyl (C=O) groups is 2. The minimum absolute atomic E-state index is 0.101. The number of sulfonamides is 1. The van der Waals surface area contributed by atoms with Crippen molar-refractivity contribution in [1.82, 2.24) is 10.0 Å². The molecule has 0 saturated carbocycles. The van der Waals surface area contributed by atoms with E-state index in [2.05, 4.69) is 15.0 Å². The molecule has 0 radical (unpaired) electrons. The van der Waals surface area contributed by atoms with Gasteiger partial charge in [0.15, 0.2) is 12.1 Å². The Kier molecular flexibility index (Phi) is 6.59. The molecule has 1 aromatic rings. The normalized spacial score (nSPS) is 18.5. The van der Waals surface area contributed by atoms with Crippen LogP contribution < -0.4 is 10.0 Å². The Morgan fingerprint density at radius 2 is 1.89 bits per heavy atom. The van der Waals surface area contributed by atoms with Crippen LogP contribution in [0.1, 0.15) is 39.7 Å². The standard InChI is InChI=1S/C18H25N3O5S/c1-5-10-19-17(22)12(4)26-18(23)15(11(2)3)20-16-13-8-6-7-9-14(13)27(24,25)21-16/h6-9,11-12,15H,5,10H2,1-4H3,(H,19,22)(H,20,21)/t12-,15+/m1/s1. The number of ether oxygens (including phenoxy) is 1. The molecule has 148 valence electrons. The van der Waals surface area contributed by atoms with Crippen molar-refractivity contribution < 1.29 is 22.7 Å². The number of aliphatic imine (C=N–C) groups is 1. The summed E-state index contributed by atoms with van der Waals surface area (Å²) in [6.07, 6.45) is -0.188. The van der Waals surface area contributed by atoms with Crippen LogP contribution in [0.2, 0.25) is 0 Å². The first-order valence-corrected chi connectivity index (χ1v) is 10.3. The molecular weight excluding hydrogens is 370 g/mol. The van der Waals surface area contributed by atoms with Crippen LogP contribution in [0, 0.1) is 5.92 Å². The van der Waals surface area contributed by atoms with Gasteiger partial charge in [0.05, 0.1) is 4.90 Å². The molecular formula is C18H25N3O5S. The molecule has 8 nitrogen and oxygen atoms in total. The molecule has 2 N–H and O–H groups in total. The highest BCUT2D eigenvalue weighted by Crippen LogP contribution is 2.23. The summed E-state index contributed by atoms with van der Waals surface area (Å²) < 4.78 is 32.0. The highest BCUT2D eigenvalue weighted by atomic mass is 32.2. The monoisotopic (exact) mass is 395 g/mol. The summed E-state index contributed by atoms with van der Waals surface area (Å²) in [5.74, 6) is -1.22. The van der Waals surface area contributed by atoms with Gasteiger partial charge in [-0.3, -0.25) is 14.5 Å². The summed E-state index contributed by atoms with van der Waals surface area (Å²) in [4.78, 5) is 28.9. The van der Waals surface area contributed by atoms with Crippen molar-refractivity contribution in [2.45, 2.75) is 51.2 Å². The number of nitrogens with zero attached hydrogens (tertiary/aromatic N) is 1. The summed E-state index contributed by atoms with van der Waals surface area (Å²) in [5.41, 5.74) is 0.407. The van der Waals surface area contributed by atoms with Gasteiger partial charge in [0.25, 0.3) is 15.9 Å². The van der Waals surface area contributed by atoms with Gasteiger partial charge in [-0.2, -0.15) is 0 Å². The number of esters is 1. The zero-order chi connectivity index (χ0) is 20.2. The van der Waals surface area contributed by atoms with Crippen molar-refractivity contribution in [2.75, 3.05) is 6.54 Å². The van der Waals surface area contributed by atoms with E-state index in [0.717, 1.165) is 6.42 Å². The second-order valence-electron chi connectivity index (χ2n) is 6.64. The first-order valence-electron chi connectivity index (χ1n) is 8.85. The number of amidine groups is 1. The number of fused-ring (bicyclic) bond motifs is 1. The van der Waals surface area contributed by atoms with E-state index in [1.165, 1.54) is 13.0 Å². The summed E-state index contributed by atoms with van der Waals surface area (Å²) in [6, 6.07) is 5.46. The van der Waals surface area contributed by atoms with E-state index in [1.807, 2.05) is 6.92 Å². The number of carbonyl (C=O) groups excluding carboxylic acids is 2. The van der Waals surface area contributed by atoms with Gasteiger partial charge in [0.2, 0.25) is 0 Å². The molecule has 0 aromatic heterocycles. The Morgan fingerprint density at radius 1 is 1.22 bits per heavy atom. The van der Waals surface area contributed by atoms with Crippen LogP contribution in [0.15, 0.2) is 34.2 Å². The number of hydrogen-bond donors (Lipinski definition) is 2. The van der Waals surface area contributed by atoms with E-state index in [-0.39, 0.29) is 22.6 Å².